The molecule has 1 fully saturated rings. The van der Waals surface area contributed by atoms with Crippen molar-refractivity contribution in [1.29, 1.82) is 0 Å². The summed E-state index contributed by atoms with van der Waals surface area (Å²) in [6.45, 7) is 5.72. The second kappa shape index (κ2) is 7.20. The first-order valence-corrected chi connectivity index (χ1v) is 8.55. The first-order chi connectivity index (χ1) is 11.5. The van der Waals surface area contributed by atoms with Gasteiger partial charge in [0.15, 0.2) is 0 Å². The average molecular weight is 371 g/mol. The quantitative estimate of drug-likeness (QED) is 0.798. The molecule has 0 N–H and O–H groups in total. The van der Waals surface area contributed by atoms with Crippen LogP contribution in [0.2, 0.25) is 5.02 Å². The summed E-state index contributed by atoms with van der Waals surface area (Å²) >= 11 is 5.89. The molecule has 1 saturated heterocycles. The number of benzene rings is 1. The maximum absolute atomic E-state index is 13.5. The van der Waals surface area contributed by atoms with Gasteiger partial charge in [-0.2, -0.15) is 0 Å². The molecule has 1 aliphatic heterocycles. The third-order valence-electron chi connectivity index (χ3n) is 4.09. The van der Waals surface area contributed by atoms with Gasteiger partial charge in [0.2, 0.25) is 5.91 Å². The van der Waals surface area contributed by atoms with Crippen molar-refractivity contribution in [1.82, 2.24) is 9.80 Å². The Morgan fingerprint density at radius 3 is 2.48 bits per heavy atom. The van der Waals surface area contributed by atoms with E-state index in [1.165, 1.54) is 21.9 Å². The maximum Gasteiger partial charge on any atom is 0.410 e. The van der Waals surface area contributed by atoms with E-state index in [0.29, 0.717) is 13.0 Å². The van der Waals surface area contributed by atoms with E-state index in [9.17, 15) is 14.0 Å². The highest BCUT2D eigenvalue weighted by Gasteiger charge is 2.44. The van der Waals surface area contributed by atoms with Gasteiger partial charge in [0, 0.05) is 26.6 Å². The highest BCUT2D eigenvalue weighted by Crippen LogP contribution is 2.36. The van der Waals surface area contributed by atoms with Crippen LogP contribution in [0.4, 0.5) is 9.18 Å². The summed E-state index contributed by atoms with van der Waals surface area (Å²) in [6.07, 6.45) is 0.0502. The molecule has 0 aromatic heterocycles. The molecule has 1 heterocycles. The molecule has 2 unspecified atom stereocenters. The summed E-state index contributed by atoms with van der Waals surface area (Å²) in [6, 6.07) is 3.72. The molecule has 0 aliphatic carbocycles. The van der Waals surface area contributed by atoms with Crippen LogP contribution in [-0.2, 0) is 9.53 Å². The zero-order chi connectivity index (χ0) is 18.9. The van der Waals surface area contributed by atoms with Gasteiger partial charge in [0.05, 0.1) is 5.02 Å². The van der Waals surface area contributed by atoms with E-state index in [1.54, 1.807) is 40.9 Å². The Morgan fingerprint density at radius 1 is 1.32 bits per heavy atom. The van der Waals surface area contributed by atoms with Gasteiger partial charge in [-0.1, -0.05) is 17.7 Å². The van der Waals surface area contributed by atoms with Crippen molar-refractivity contribution in [2.24, 2.45) is 0 Å². The lowest BCUT2D eigenvalue weighted by atomic mass is 9.91. The molecule has 138 valence electrons. The predicted octanol–water partition coefficient (Wildman–Crippen LogP) is 3.66. The van der Waals surface area contributed by atoms with Crippen LogP contribution in [0.1, 0.15) is 38.7 Å². The van der Waals surface area contributed by atoms with Crippen LogP contribution in [0.3, 0.4) is 0 Å². The molecule has 25 heavy (non-hydrogen) atoms. The van der Waals surface area contributed by atoms with E-state index >= 15 is 0 Å². The summed E-state index contributed by atoms with van der Waals surface area (Å²) in [5, 5.41) is 0.00395. The number of halogens is 2. The molecule has 2 amide bonds. The van der Waals surface area contributed by atoms with E-state index in [1.807, 2.05) is 0 Å². The fourth-order valence-corrected chi connectivity index (χ4v) is 3.17. The van der Waals surface area contributed by atoms with E-state index < -0.39 is 23.6 Å². The van der Waals surface area contributed by atoms with Gasteiger partial charge in [-0.3, -0.25) is 9.69 Å². The lowest BCUT2D eigenvalue weighted by Crippen LogP contribution is -2.49. The fourth-order valence-electron chi connectivity index (χ4n) is 2.98. The molecular weight excluding hydrogens is 347 g/mol. The maximum atomic E-state index is 13.5. The van der Waals surface area contributed by atoms with E-state index in [2.05, 4.69) is 0 Å². The van der Waals surface area contributed by atoms with E-state index in [0.717, 1.165) is 5.56 Å². The molecule has 1 aromatic rings. The standard InChI is InChI=1S/C18H24ClFN2O3/c1-18(2,3)25-17(24)22-9-8-12(15(22)16(23)21(4)5)11-6-7-14(20)13(19)10-11/h6-7,10,12,15H,8-9H2,1-5H3. The molecule has 2 atom stereocenters. The molecule has 0 bridgehead atoms. The van der Waals surface area contributed by atoms with Crippen molar-refractivity contribution >= 4 is 23.6 Å². The minimum atomic E-state index is -0.702. The van der Waals surface area contributed by atoms with Gasteiger partial charge in [-0.25, -0.2) is 9.18 Å². The smallest absolute Gasteiger partial charge is 0.410 e. The molecule has 0 radical (unpaired) electrons. The normalized spacial score (nSPS) is 20.5. The lowest BCUT2D eigenvalue weighted by Gasteiger charge is -2.31. The fraction of sp³-hybridized carbons (Fsp3) is 0.556. The van der Waals surface area contributed by atoms with Gasteiger partial charge in [0.25, 0.3) is 0 Å². The minimum Gasteiger partial charge on any atom is -0.444 e. The zero-order valence-corrected chi connectivity index (χ0v) is 15.9. The molecular formula is C18H24ClFN2O3. The number of likely N-dealkylation sites (tertiary alicyclic amines) is 1. The first-order valence-electron chi connectivity index (χ1n) is 8.17. The van der Waals surface area contributed by atoms with Crippen molar-refractivity contribution < 1.29 is 18.7 Å². The molecule has 0 spiro atoms. The minimum absolute atomic E-state index is 0.00395. The molecule has 1 aromatic carbocycles. The number of hydrogen-bond donors (Lipinski definition) is 0. The van der Waals surface area contributed by atoms with E-state index in [-0.39, 0.29) is 16.8 Å². The highest BCUT2D eigenvalue weighted by atomic mass is 35.5. The molecule has 1 aliphatic rings. The van der Waals surface area contributed by atoms with Gasteiger partial charge >= 0.3 is 6.09 Å². The van der Waals surface area contributed by atoms with Gasteiger partial charge < -0.3 is 9.64 Å². The third kappa shape index (κ3) is 4.42. The van der Waals surface area contributed by atoms with Crippen LogP contribution in [0.25, 0.3) is 0 Å². The summed E-state index contributed by atoms with van der Waals surface area (Å²) in [5.41, 5.74) is 0.0812. The number of nitrogens with zero attached hydrogens (tertiary/aromatic N) is 2. The van der Waals surface area contributed by atoms with Crippen LogP contribution >= 0.6 is 11.6 Å². The summed E-state index contributed by atoms with van der Waals surface area (Å²) in [5.74, 6) is -0.975. The Bertz CT molecular complexity index is 673. The van der Waals surface area contributed by atoms with Crippen molar-refractivity contribution in [3.63, 3.8) is 0 Å². The first kappa shape index (κ1) is 19.5. The Hall–Kier alpha value is -1.82. The van der Waals surface area contributed by atoms with Crippen LogP contribution < -0.4 is 0 Å². The summed E-state index contributed by atoms with van der Waals surface area (Å²) < 4.78 is 18.9. The van der Waals surface area contributed by atoms with Crippen LogP contribution in [0.15, 0.2) is 18.2 Å². The van der Waals surface area contributed by atoms with Crippen molar-refractivity contribution in [2.75, 3.05) is 20.6 Å². The molecule has 5 nitrogen and oxygen atoms in total. The van der Waals surface area contributed by atoms with Gasteiger partial charge in [0.1, 0.15) is 17.5 Å². The molecule has 2 rings (SSSR count). The SMILES string of the molecule is CN(C)C(=O)C1C(c2ccc(F)c(Cl)c2)CCN1C(=O)OC(C)(C)C. The van der Waals surface area contributed by atoms with Crippen LogP contribution in [-0.4, -0.2) is 54.1 Å². The Kier molecular flexibility index (Phi) is 5.62. The lowest BCUT2D eigenvalue weighted by molar-refractivity contribution is -0.133. The summed E-state index contributed by atoms with van der Waals surface area (Å²) in [4.78, 5) is 28.2. The number of ether oxygens (including phenoxy) is 1. The molecule has 7 heteroatoms. The monoisotopic (exact) mass is 370 g/mol. The topological polar surface area (TPSA) is 49.9 Å². The van der Waals surface area contributed by atoms with Crippen molar-refractivity contribution in [3.8, 4) is 0 Å². The highest BCUT2D eigenvalue weighted by molar-refractivity contribution is 6.30. The van der Waals surface area contributed by atoms with Crippen molar-refractivity contribution in [2.45, 2.75) is 44.8 Å². The van der Waals surface area contributed by atoms with Gasteiger partial charge in [-0.05, 0) is 44.9 Å². The summed E-state index contributed by atoms with van der Waals surface area (Å²) in [7, 11) is 3.28. The third-order valence-corrected chi connectivity index (χ3v) is 4.38. The number of carbonyl (C=O) groups is 2. The van der Waals surface area contributed by atoms with E-state index in [4.69, 9.17) is 16.3 Å². The number of amides is 2. The number of likely N-dealkylation sites (N-methyl/N-ethyl adjacent to an activating group) is 1. The Labute approximate surface area is 152 Å². The Morgan fingerprint density at radius 2 is 1.96 bits per heavy atom. The van der Waals surface area contributed by atoms with Gasteiger partial charge in [-0.15, -0.1) is 0 Å². The zero-order valence-electron chi connectivity index (χ0n) is 15.2. The van der Waals surface area contributed by atoms with Crippen LogP contribution in [0.5, 0.6) is 0 Å². The average Bonchev–Trinajstić information content (AvgIpc) is 2.92. The predicted molar refractivity (Wildman–Crippen MR) is 94.2 cm³/mol. The van der Waals surface area contributed by atoms with Crippen LogP contribution in [0, 0.1) is 5.82 Å². The number of hydrogen-bond acceptors (Lipinski definition) is 3. The number of carbonyl (C=O) groups excluding carboxylic acids is 2. The second-order valence-corrected chi connectivity index (χ2v) is 7.83. The Balaban J connectivity index is 2.35. The number of rotatable bonds is 2. The second-order valence-electron chi connectivity index (χ2n) is 7.42. The van der Waals surface area contributed by atoms with Crippen molar-refractivity contribution in [3.05, 3.63) is 34.6 Å². The molecule has 0 saturated carbocycles. The largest absolute Gasteiger partial charge is 0.444 e.